The zero-order chi connectivity index (χ0) is 24.4. The van der Waals surface area contributed by atoms with Gasteiger partial charge in [0.1, 0.15) is 29.9 Å². The number of rotatable bonds is 5. The number of nitrogens with zero attached hydrogens (tertiary/aromatic N) is 3. The summed E-state index contributed by atoms with van der Waals surface area (Å²) in [5, 5.41) is 14.9. The van der Waals surface area contributed by atoms with Gasteiger partial charge in [0.05, 0.1) is 10.6 Å². The fourth-order valence-corrected chi connectivity index (χ4v) is 4.95. The van der Waals surface area contributed by atoms with E-state index >= 15 is 0 Å². The minimum atomic E-state index is -4.08. The van der Waals surface area contributed by atoms with Gasteiger partial charge in [-0.2, -0.15) is 10.4 Å². The normalized spacial score (nSPS) is 13.3. The summed E-state index contributed by atoms with van der Waals surface area (Å²) >= 11 is 5.90. The molecule has 7 nitrogen and oxygen atoms in total. The molecule has 174 valence electrons. The molecule has 0 aliphatic carbocycles. The average Bonchev–Trinajstić information content (AvgIpc) is 3.31. The van der Waals surface area contributed by atoms with Crippen molar-refractivity contribution in [3.05, 3.63) is 94.5 Å². The maximum absolute atomic E-state index is 13.2. The summed E-state index contributed by atoms with van der Waals surface area (Å²) in [6.07, 6.45) is 3.03. The van der Waals surface area contributed by atoms with Gasteiger partial charge in [0.25, 0.3) is 0 Å². The summed E-state index contributed by atoms with van der Waals surface area (Å²) < 4.78 is 39.4. The van der Waals surface area contributed by atoms with Gasteiger partial charge in [-0.1, -0.05) is 29.8 Å². The number of aromatic nitrogens is 2. The van der Waals surface area contributed by atoms with Gasteiger partial charge >= 0.3 is 0 Å². The third-order valence-corrected chi connectivity index (χ3v) is 7.32. The van der Waals surface area contributed by atoms with Crippen molar-refractivity contribution in [1.29, 1.82) is 5.26 Å². The van der Waals surface area contributed by atoms with Crippen LogP contribution < -0.4 is 9.47 Å². The van der Waals surface area contributed by atoms with Crippen LogP contribution in [0.1, 0.15) is 5.56 Å². The van der Waals surface area contributed by atoms with Crippen molar-refractivity contribution in [2.45, 2.75) is 4.90 Å². The Morgan fingerprint density at radius 3 is 2.43 bits per heavy atom. The van der Waals surface area contributed by atoms with Gasteiger partial charge in [-0.05, 0) is 60.7 Å². The van der Waals surface area contributed by atoms with Gasteiger partial charge in [0, 0.05) is 22.3 Å². The molecule has 0 N–H and O–H groups in total. The van der Waals surface area contributed by atoms with E-state index in [1.807, 2.05) is 42.5 Å². The molecule has 5 rings (SSSR count). The van der Waals surface area contributed by atoms with E-state index in [1.165, 1.54) is 30.3 Å². The first-order valence-electron chi connectivity index (χ1n) is 10.6. The Morgan fingerprint density at radius 1 is 1.00 bits per heavy atom. The Bertz CT molecular complexity index is 1570. The molecule has 0 saturated carbocycles. The molecule has 35 heavy (non-hydrogen) atoms. The van der Waals surface area contributed by atoms with Crippen molar-refractivity contribution in [2.75, 3.05) is 13.2 Å². The van der Waals surface area contributed by atoms with Crippen LogP contribution in [0.25, 0.3) is 23.0 Å². The molecule has 0 bridgehead atoms. The molecule has 0 spiro atoms. The van der Waals surface area contributed by atoms with E-state index < -0.39 is 14.7 Å². The highest BCUT2D eigenvalue weighted by atomic mass is 35.5. The molecule has 0 fully saturated rings. The number of ether oxygens (including phenoxy) is 2. The van der Waals surface area contributed by atoms with E-state index in [2.05, 4.69) is 0 Å². The van der Waals surface area contributed by atoms with E-state index in [4.69, 9.17) is 26.2 Å². The molecule has 0 atom stereocenters. The molecule has 1 aromatic heterocycles. The quantitative estimate of drug-likeness (QED) is 0.343. The van der Waals surface area contributed by atoms with Crippen LogP contribution in [-0.4, -0.2) is 31.4 Å². The maximum Gasteiger partial charge on any atom is 0.216 e. The third-order valence-electron chi connectivity index (χ3n) is 5.39. The highest BCUT2D eigenvalue weighted by molar-refractivity contribution is 7.95. The number of para-hydroxylation sites is 1. The van der Waals surface area contributed by atoms with Crippen molar-refractivity contribution >= 4 is 27.5 Å². The first-order valence-corrected chi connectivity index (χ1v) is 12.5. The molecule has 0 radical (unpaired) electrons. The number of allylic oxidation sites excluding steroid dienone is 1. The molecular weight excluding hydrogens is 486 g/mol. The monoisotopic (exact) mass is 503 g/mol. The number of halogens is 1. The highest BCUT2D eigenvalue weighted by Crippen LogP contribution is 2.36. The van der Waals surface area contributed by atoms with Crippen molar-refractivity contribution in [3.8, 4) is 34.5 Å². The van der Waals surface area contributed by atoms with Crippen LogP contribution in [0, 0.1) is 11.3 Å². The predicted molar refractivity (Wildman–Crippen MR) is 132 cm³/mol. The van der Waals surface area contributed by atoms with Crippen LogP contribution in [0.3, 0.4) is 0 Å². The minimum absolute atomic E-state index is 0.0222. The third kappa shape index (κ3) is 4.52. The summed E-state index contributed by atoms with van der Waals surface area (Å²) in [6.45, 7) is 0.899. The van der Waals surface area contributed by atoms with Crippen LogP contribution in [0.15, 0.2) is 88.8 Å². The molecular formula is C26H18ClN3O4S. The standard InChI is InChI=1S/C26H18ClN3O4S/c27-20-7-9-22(10-8-20)35(31,32)23(16-28)14-19-17-30(21-4-2-1-3-5-21)29-26(19)18-6-11-24-25(15-18)34-13-12-33-24/h1-11,14-15,17H,12-13H2/b23-14-. The van der Waals surface area contributed by atoms with E-state index in [0.717, 1.165) is 5.69 Å². The molecule has 1 aliphatic heterocycles. The smallest absolute Gasteiger partial charge is 0.216 e. The first-order chi connectivity index (χ1) is 17.0. The van der Waals surface area contributed by atoms with Gasteiger partial charge in [0.15, 0.2) is 11.5 Å². The van der Waals surface area contributed by atoms with Crippen molar-refractivity contribution in [2.24, 2.45) is 0 Å². The Kier molecular flexibility index (Phi) is 6.03. The molecule has 2 heterocycles. The van der Waals surface area contributed by atoms with E-state index in [1.54, 1.807) is 23.0 Å². The highest BCUT2D eigenvalue weighted by Gasteiger charge is 2.23. The molecule has 9 heteroatoms. The summed E-state index contributed by atoms with van der Waals surface area (Å²) in [4.78, 5) is -0.433. The number of nitriles is 1. The Morgan fingerprint density at radius 2 is 1.71 bits per heavy atom. The summed E-state index contributed by atoms with van der Waals surface area (Å²) in [5.41, 5.74) is 2.42. The second-order valence-electron chi connectivity index (χ2n) is 7.65. The molecule has 4 aromatic rings. The lowest BCUT2D eigenvalue weighted by Gasteiger charge is -2.18. The number of benzene rings is 3. The lowest BCUT2D eigenvalue weighted by atomic mass is 10.1. The molecule has 1 aliphatic rings. The second kappa shape index (κ2) is 9.29. The number of hydrogen-bond acceptors (Lipinski definition) is 6. The maximum atomic E-state index is 13.2. The molecule has 3 aromatic carbocycles. The van der Waals surface area contributed by atoms with E-state index in [-0.39, 0.29) is 4.90 Å². The molecule has 0 saturated heterocycles. The lowest BCUT2D eigenvalue weighted by molar-refractivity contribution is 0.171. The predicted octanol–water partition coefficient (Wildman–Crippen LogP) is 5.30. The Balaban J connectivity index is 1.66. The SMILES string of the molecule is N#C/C(=C/c1cn(-c2ccccc2)nc1-c1ccc2c(c1)OCCO2)S(=O)(=O)c1ccc(Cl)cc1. The summed E-state index contributed by atoms with van der Waals surface area (Å²) in [7, 11) is -4.08. The van der Waals surface area contributed by atoms with Crippen molar-refractivity contribution < 1.29 is 17.9 Å². The van der Waals surface area contributed by atoms with Gasteiger partial charge < -0.3 is 9.47 Å². The average molecular weight is 504 g/mol. The largest absolute Gasteiger partial charge is 0.486 e. The van der Waals surface area contributed by atoms with Crippen LogP contribution in [0.4, 0.5) is 0 Å². The van der Waals surface area contributed by atoms with Crippen LogP contribution in [0.5, 0.6) is 11.5 Å². The van der Waals surface area contributed by atoms with Crippen LogP contribution in [0.2, 0.25) is 5.02 Å². The summed E-state index contributed by atoms with van der Waals surface area (Å²) in [6, 6.07) is 22.3. The summed E-state index contributed by atoms with van der Waals surface area (Å²) in [5.74, 6) is 1.20. The van der Waals surface area contributed by atoms with E-state index in [0.29, 0.717) is 46.6 Å². The Hall–Kier alpha value is -4.06. The lowest BCUT2D eigenvalue weighted by Crippen LogP contribution is -2.15. The molecule has 0 amide bonds. The van der Waals surface area contributed by atoms with Crippen LogP contribution >= 0.6 is 11.6 Å². The second-order valence-corrected chi connectivity index (χ2v) is 10.0. The zero-order valence-electron chi connectivity index (χ0n) is 18.3. The van der Waals surface area contributed by atoms with Crippen molar-refractivity contribution in [1.82, 2.24) is 9.78 Å². The van der Waals surface area contributed by atoms with E-state index in [9.17, 15) is 13.7 Å². The fraction of sp³-hybridized carbons (Fsp3) is 0.0769. The Labute approximate surface area is 207 Å². The van der Waals surface area contributed by atoms with Gasteiger partial charge in [0.2, 0.25) is 9.84 Å². The van der Waals surface area contributed by atoms with Gasteiger partial charge in [-0.3, -0.25) is 0 Å². The topological polar surface area (TPSA) is 94.2 Å². The van der Waals surface area contributed by atoms with Crippen LogP contribution in [-0.2, 0) is 9.84 Å². The number of hydrogen-bond donors (Lipinski definition) is 0. The minimum Gasteiger partial charge on any atom is -0.486 e. The fourth-order valence-electron chi connectivity index (χ4n) is 3.67. The first kappa shape index (κ1) is 22.7. The van der Waals surface area contributed by atoms with Crippen molar-refractivity contribution in [3.63, 3.8) is 0 Å². The van der Waals surface area contributed by atoms with Gasteiger partial charge in [-0.25, -0.2) is 13.1 Å². The molecule has 0 unspecified atom stereocenters. The number of fused-ring (bicyclic) bond motifs is 1. The number of sulfone groups is 1. The zero-order valence-corrected chi connectivity index (χ0v) is 19.8. The van der Waals surface area contributed by atoms with Gasteiger partial charge in [-0.15, -0.1) is 0 Å².